The second kappa shape index (κ2) is 7.63. The summed E-state index contributed by atoms with van der Waals surface area (Å²) in [5, 5.41) is 0. The molecule has 2 bridgehead atoms. The zero-order valence-corrected chi connectivity index (χ0v) is 18.7. The number of aromatic nitrogens is 1. The lowest BCUT2D eigenvalue weighted by Gasteiger charge is -2.44. The van der Waals surface area contributed by atoms with Crippen molar-refractivity contribution >= 4 is 23.4 Å². The molecule has 0 saturated heterocycles. The summed E-state index contributed by atoms with van der Waals surface area (Å²) < 4.78 is 18.9. The summed E-state index contributed by atoms with van der Waals surface area (Å²) in [6, 6.07) is 14.4. The first-order valence-electron chi connectivity index (χ1n) is 10.4. The molecule has 0 saturated carbocycles. The van der Waals surface area contributed by atoms with Crippen molar-refractivity contribution in [3.63, 3.8) is 0 Å². The number of hydrogen-bond acceptors (Lipinski definition) is 7. The van der Waals surface area contributed by atoms with Crippen LogP contribution < -0.4 is 24.4 Å². The van der Waals surface area contributed by atoms with Gasteiger partial charge in [-0.15, -0.1) is 0 Å². The molecule has 2 aliphatic rings. The number of benzene rings is 2. The van der Waals surface area contributed by atoms with Crippen molar-refractivity contribution in [1.29, 1.82) is 0 Å². The number of methoxy groups -OCH3 is 1. The molecule has 3 heterocycles. The fourth-order valence-corrected chi connectivity index (χ4v) is 5.49. The molecule has 0 N–H and O–H groups in total. The highest BCUT2D eigenvalue weighted by atomic mass is 32.1. The summed E-state index contributed by atoms with van der Waals surface area (Å²) in [6.45, 7) is 3.77. The minimum Gasteiger partial charge on any atom is -0.497 e. The number of nitrogens with zero attached hydrogens (tertiary/aromatic N) is 2. The SMILES string of the molecule is CCOC(=O)C1C2c3ccccc3O[C@@]1(C)N=c1sc(=Cc3ccc(OC)cc3)c(=O)n12. The molecule has 2 aliphatic heterocycles. The van der Waals surface area contributed by atoms with E-state index in [0.29, 0.717) is 15.1 Å². The zero-order valence-electron chi connectivity index (χ0n) is 17.9. The number of esters is 1. The molecule has 7 nitrogen and oxygen atoms in total. The van der Waals surface area contributed by atoms with Gasteiger partial charge in [-0.05, 0) is 43.7 Å². The van der Waals surface area contributed by atoms with Crippen molar-refractivity contribution in [1.82, 2.24) is 4.57 Å². The van der Waals surface area contributed by atoms with Gasteiger partial charge in [-0.1, -0.05) is 41.7 Å². The van der Waals surface area contributed by atoms with Gasteiger partial charge in [0, 0.05) is 5.56 Å². The molecule has 8 heteroatoms. The summed E-state index contributed by atoms with van der Waals surface area (Å²) in [6.07, 6.45) is 1.83. The molecule has 32 heavy (non-hydrogen) atoms. The van der Waals surface area contributed by atoms with Gasteiger partial charge in [-0.2, -0.15) is 0 Å². The molecule has 0 spiro atoms. The maximum atomic E-state index is 13.5. The standard InChI is InChI=1S/C24H22N2O5S/c1-4-30-22(28)19-20-16-7-5-6-8-17(16)31-24(19,2)25-23-26(20)21(27)18(32-23)13-14-9-11-15(29-3)12-10-14/h5-13,19-20H,4H2,1-3H3/t19?,20?,24-/m1/s1. The van der Waals surface area contributed by atoms with Gasteiger partial charge in [0.1, 0.15) is 17.4 Å². The minimum atomic E-state index is -1.17. The van der Waals surface area contributed by atoms with E-state index in [2.05, 4.69) is 0 Å². The highest BCUT2D eigenvalue weighted by Gasteiger charge is 2.55. The number of fused-ring (bicyclic) bond motifs is 6. The number of hydrogen-bond donors (Lipinski definition) is 0. The van der Waals surface area contributed by atoms with Crippen LogP contribution in [0.4, 0.5) is 0 Å². The molecule has 0 fully saturated rings. The Bertz CT molecular complexity index is 1370. The summed E-state index contributed by atoms with van der Waals surface area (Å²) in [4.78, 5) is 31.8. The van der Waals surface area contributed by atoms with Crippen LogP contribution in [0.3, 0.4) is 0 Å². The zero-order chi connectivity index (χ0) is 22.5. The molecular formula is C24H22N2O5S. The summed E-state index contributed by atoms with van der Waals surface area (Å²) in [5.74, 6) is 0.162. The molecule has 2 aromatic carbocycles. The van der Waals surface area contributed by atoms with Gasteiger partial charge in [0.15, 0.2) is 4.80 Å². The highest BCUT2D eigenvalue weighted by Crippen LogP contribution is 2.47. The molecule has 0 aliphatic carbocycles. The van der Waals surface area contributed by atoms with Crippen molar-refractivity contribution in [3.05, 3.63) is 79.3 Å². The Balaban J connectivity index is 1.73. The Labute approximate surface area is 188 Å². The molecule has 0 amide bonds. The number of rotatable bonds is 4. The third-order valence-electron chi connectivity index (χ3n) is 5.83. The second-order valence-corrected chi connectivity index (χ2v) is 8.83. The lowest BCUT2D eigenvalue weighted by molar-refractivity contribution is -0.160. The summed E-state index contributed by atoms with van der Waals surface area (Å²) >= 11 is 1.29. The smallest absolute Gasteiger partial charge is 0.317 e. The van der Waals surface area contributed by atoms with Crippen molar-refractivity contribution in [2.75, 3.05) is 13.7 Å². The topological polar surface area (TPSA) is 79.1 Å². The quantitative estimate of drug-likeness (QED) is 0.570. The van der Waals surface area contributed by atoms with Crippen LogP contribution in [-0.4, -0.2) is 30.0 Å². The Kier molecular flexibility index (Phi) is 4.89. The number of para-hydroxylation sites is 1. The maximum Gasteiger partial charge on any atom is 0.317 e. The van der Waals surface area contributed by atoms with Crippen LogP contribution in [0.5, 0.6) is 11.5 Å². The van der Waals surface area contributed by atoms with Gasteiger partial charge in [-0.3, -0.25) is 14.2 Å². The van der Waals surface area contributed by atoms with Crippen LogP contribution in [0.1, 0.15) is 31.0 Å². The van der Waals surface area contributed by atoms with Crippen molar-refractivity contribution in [2.24, 2.45) is 10.9 Å². The Morgan fingerprint density at radius 2 is 2.00 bits per heavy atom. The van der Waals surface area contributed by atoms with E-state index in [1.807, 2.05) is 54.6 Å². The van der Waals surface area contributed by atoms with Crippen LogP contribution in [-0.2, 0) is 9.53 Å². The van der Waals surface area contributed by atoms with Crippen molar-refractivity contribution < 1.29 is 19.0 Å². The predicted molar refractivity (Wildman–Crippen MR) is 120 cm³/mol. The van der Waals surface area contributed by atoms with Crippen molar-refractivity contribution in [2.45, 2.75) is 25.6 Å². The maximum absolute atomic E-state index is 13.5. The lowest BCUT2D eigenvalue weighted by Crippen LogP contribution is -2.58. The van der Waals surface area contributed by atoms with E-state index < -0.39 is 23.7 Å². The second-order valence-electron chi connectivity index (χ2n) is 7.82. The lowest BCUT2D eigenvalue weighted by atomic mass is 9.81. The molecule has 0 radical (unpaired) electrons. The van der Waals surface area contributed by atoms with Gasteiger partial charge in [0.2, 0.25) is 5.72 Å². The normalized spacial score (nSPS) is 23.4. The summed E-state index contributed by atoms with van der Waals surface area (Å²) in [5.41, 5.74) is 0.285. The van der Waals surface area contributed by atoms with Crippen LogP contribution >= 0.6 is 11.3 Å². The van der Waals surface area contributed by atoms with Gasteiger partial charge < -0.3 is 14.2 Å². The van der Waals surface area contributed by atoms with Gasteiger partial charge in [-0.25, -0.2) is 4.99 Å². The Morgan fingerprint density at radius 1 is 1.25 bits per heavy atom. The monoisotopic (exact) mass is 450 g/mol. The first-order valence-corrected chi connectivity index (χ1v) is 11.2. The van der Waals surface area contributed by atoms with E-state index in [1.165, 1.54) is 11.3 Å². The number of ether oxygens (including phenoxy) is 3. The first-order chi connectivity index (χ1) is 15.4. The van der Waals surface area contributed by atoms with E-state index in [-0.39, 0.29) is 12.2 Å². The van der Waals surface area contributed by atoms with Crippen LogP contribution in [0, 0.1) is 5.92 Å². The largest absolute Gasteiger partial charge is 0.497 e. The van der Waals surface area contributed by atoms with E-state index in [4.69, 9.17) is 19.2 Å². The van der Waals surface area contributed by atoms with Gasteiger partial charge in [0.05, 0.1) is 24.3 Å². The van der Waals surface area contributed by atoms with Gasteiger partial charge in [0.25, 0.3) is 5.56 Å². The highest BCUT2D eigenvalue weighted by molar-refractivity contribution is 7.07. The molecule has 3 aromatic rings. The molecule has 1 aromatic heterocycles. The fraction of sp³-hybridized carbons (Fsp3) is 0.292. The molecular weight excluding hydrogens is 428 g/mol. The average molecular weight is 451 g/mol. The number of carbonyl (C=O) groups is 1. The van der Waals surface area contributed by atoms with E-state index in [9.17, 15) is 9.59 Å². The van der Waals surface area contributed by atoms with E-state index in [1.54, 1.807) is 25.5 Å². The Hall–Kier alpha value is -3.39. The number of thiazole rings is 1. The molecule has 5 rings (SSSR count). The van der Waals surface area contributed by atoms with Crippen LogP contribution in [0.15, 0.2) is 58.3 Å². The fourth-order valence-electron chi connectivity index (χ4n) is 4.39. The predicted octanol–water partition coefficient (Wildman–Crippen LogP) is 2.26. The van der Waals surface area contributed by atoms with Crippen LogP contribution in [0.25, 0.3) is 6.08 Å². The van der Waals surface area contributed by atoms with Crippen molar-refractivity contribution in [3.8, 4) is 11.5 Å². The third-order valence-corrected chi connectivity index (χ3v) is 6.82. The van der Waals surface area contributed by atoms with E-state index >= 15 is 0 Å². The molecule has 164 valence electrons. The number of carbonyl (C=O) groups excluding carboxylic acids is 1. The first kappa shape index (κ1) is 20.5. The molecule has 3 atom stereocenters. The van der Waals surface area contributed by atoms with E-state index in [0.717, 1.165) is 16.9 Å². The average Bonchev–Trinajstić information content (AvgIpc) is 3.07. The van der Waals surface area contributed by atoms with Gasteiger partial charge >= 0.3 is 5.97 Å². The Morgan fingerprint density at radius 3 is 2.72 bits per heavy atom. The van der Waals surface area contributed by atoms with Crippen LogP contribution in [0.2, 0.25) is 0 Å². The molecule has 2 unspecified atom stereocenters. The minimum absolute atomic E-state index is 0.192. The summed E-state index contributed by atoms with van der Waals surface area (Å²) in [7, 11) is 1.61. The third kappa shape index (κ3) is 3.14.